The van der Waals surface area contributed by atoms with Crippen LogP contribution in [0.5, 0.6) is 0 Å². The third kappa shape index (κ3) is 2.35. The molecule has 0 amide bonds. The molecular weight excluding hydrogens is 224 g/mol. The summed E-state index contributed by atoms with van der Waals surface area (Å²) >= 11 is 0. The molecule has 0 aliphatic carbocycles. The number of anilines is 1. The van der Waals surface area contributed by atoms with Gasteiger partial charge in [0.1, 0.15) is 0 Å². The van der Waals surface area contributed by atoms with Gasteiger partial charge in [-0.3, -0.25) is 4.90 Å². The minimum Gasteiger partial charge on any atom is -0.399 e. The first-order valence-corrected chi connectivity index (χ1v) is 6.49. The van der Waals surface area contributed by atoms with Crippen LogP contribution in [-0.2, 0) is 6.54 Å². The first-order valence-electron chi connectivity index (χ1n) is 6.49. The van der Waals surface area contributed by atoms with Crippen molar-refractivity contribution in [2.45, 2.75) is 6.54 Å². The highest BCUT2D eigenvalue weighted by atomic mass is 15.2. The van der Waals surface area contributed by atoms with E-state index >= 15 is 0 Å². The van der Waals surface area contributed by atoms with E-state index < -0.39 is 0 Å². The lowest BCUT2D eigenvalue weighted by atomic mass is 10.2. The van der Waals surface area contributed by atoms with Gasteiger partial charge >= 0.3 is 0 Å². The van der Waals surface area contributed by atoms with Crippen LogP contribution in [0.1, 0.15) is 5.69 Å². The van der Waals surface area contributed by atoms with E-state index in [2.05, 4.69) is 34.0 Å². The standard InChI is InChI=1S/C14H20N4/c1-17-4-6-18(7-5-17)10-13-8-11-2-3-12(15)9-14(11)16-13/h2-3,8-9,16H,4-7,10,15H2,1H3. The quantitative estimate of drug-likeness (QED) is 0.787. The summed E-state index contributed by atoms with van der Waals surface area (Å²) in [7, 11) is 2.18. The number of benzene rings is 1. The number of nitrogens with zero attached hydrogens (tertiary/aromatic N) is 2. The Bertz CT molecular complexity index is 538. The van der Waals surface area contributed by atoms with Gasteiger partial charge in [-0.1, -0.05) is 6.07 Å². The Morgan fingerprint density at radius 3 is 2.72 bits per heavy atom. The van der Waals surface area contributed by atoms with Gasteiger partial charge in [0, 0.05) is 49.6 Å². The van der Waals surface area contributed by atoms with E-state index in [-0.39, 0.29) is 0 Å². The molecule has 1 aliphatic heterocycles. The van der Waals surface area contributed by atoms with Crippen LogP contribution >= 0.6 is 0 Å². The zero-order valence-electron chi connectivity index (χ0n) is 10.8. The molecule has 0 bridgehead atoms. The predicted octanol–water partition coefficient (Wildman–Crippen LogP) is 1.50. The van der Waals surface area contributed by atoms with E-state index in [1.165, 1.54) is 11.1 Å². The molecule has 3 rings (SSSR count). The minimum absolute atomic E-state index is 0.815. The third-order valence-electron chi connectivity index (χ3n) is 3.69. The summed E-state index contributed by atoms with van der Waals surface area (Å²) in [5, 5.41) is 1.24. The number of fused-ring (bicyclic) bond motifs is 1. The van der Waals surface area contributed by atoms with Gasteiger partial charge in [0.15, 0.2) is 0 Å². The first kappa shape index (κ1) is 11.6. The molecule has 96 valence electrons. The van der Waals surface area contributed by atoms with Gasteiger partial charge in [0.2, 0.25) is 0 Å². The molecule has 18 heavy (non-hydrogen) atoms. The van der Waals surface area contributed by atoms with Gasteiger partial charge in [0.25, 0.3) is 0 Å². The Morgan fingerprint density at radius 1 is 1.17 bits per heavy atom. The van der Waals surface area contributed by atoms with Crippen LogP contribution in [-0.4, -0.2) is 48.0 Å². The molecule has 4 heteroatoms. The van der Waals surface area contributed by atoms with Gasteiger partial charge < -0.3 is 15.6 Å². The highest BCUT2D eigenvalue weighted by Crippen LogP contribution is 2.19. The normalized spacial score (nSPS) is 18.5. The van der Waals surface area contributed by atoms with Crippen molar-refractivity contribution in [2.24, 2.45) is 0 Å². The summed E-state index contributed by atoms with van der Waals surface area (Å²) in [6.45, 7) is 5.62. The van der Waals surface area contributed by atoms with Crippen molar-refractivity contribution in [1.29, 1.82) is 0 Å². The molecule has 4 nitrogen and oxygen atoms in total. The van der Waals surface area contributed by atoms with Gasteiger partial charge in [-0.25, -0.2) is 0 Å². The fourth-order valence-corrected chi connectivity index (χ4v) is 2.54. The number of aromatic amines is 1. The monoisotopic (exact) mass is 244 g/mol. The molecule has 0 unspecified atom stereocenters. The Hall–Kier alpha value is -1.52. The molecule has 2 aromatic rings. The summed E-state index contributed by atoms with van der Waals surface area (Å²) in [4.78, 5) is 8.33. The van der Waals surface area contributed by atoms with Crippen molar-refractivity contribution in [1.82, 2.24) is 14.8 Å². The van der Waals surface area contributed by atoms with Gasteiger partial charge in [0.05, 0.1) is 0 Å². The highest BCUT2D eigenvalue weighted by Gasteiger charge is 2.14. The molecule has 1 aromatic carbocycles. The number of hydrogen-bond donors (Lipinski definition) is 2. The molecule has 1 aromatic heterocycles. The van der Waals surface area contributed by atoms with Gasteiger partial charge in [-0.15, -0.1) is 0 Å². The van der Waals surface area contributed by atoms with E-state index in [9.17, 15) is 0 Å². The molecular formula is C14H20N4. The minimum atomic E-state index is 0.815. The highest BCUT2D eigenvalue weighted by molar-refractivity contribution is 5.83. The largest absolute Gasteiger partial charge is 0.399 e. The maximum absolute atomic E-state index is 5.80. The lowest BCUT2D eigenvalue weighted by Crippen LogP contribution is -2.43. The maximum Gasteiger partial charge on any atom is 0.0477 e. The lowest BCUT2D eigenvalue weighted by Gasteiger charge is -2.31. The number of nitrogens with two attached hydrogens (primary N) is 1. The number of likely N-dealkylation sites (N-methyl/N-ethyl adjacent to an activating group) is 1. The summed E-state index contributed by atoms with van der Waals surface area (Å²) in [5.74, 6) is 0. The number of nitrogen functional groups attached to an aromatic ring is 1. The first-order chi connectivity index (χ1) is 8.70. The number of H-pyrrole nitrogens is 1. The van der Waals surface area contributed by atoms with Crippen LogP contribution < -0.4 is 5.73 Å². The van der Waals surface area contributed by atoms with E-state index in [0.717, 1.165) is 43.9 Å². The van der Waals surface area contributed by atoms with Crippen molar-refractivity contribution in [3.63, 3.8) is 0 Å². The van der Waals surface area contributed by atoms with Crippen molar-refractivity contribution < 1.29 is 0 Å². The molecule has 0 atom stereocenters. The van der Waals surface area contributed by atoms with Crippen LogP contribution in [0.2, 0.25) is 0 Å². The van der Waals surface area contributed by atoms with Crippen molar-refractivity contribution in [3.05, 3.63) is 30.0 Å². The van der Waals surface area contributed by atoms with E-state index in [1.54, 1.807) is 0 Å². The molecule has 0 radical (unpaired) electrons. The predicted molar refractivity (Wildman–Crippen MR) is 75.5 cm³/mol. The average molecular weight is 244 g/mol. The molecule has 0 spiro atoms. The van der Waals surface area contributed by atoms with E-state index in [0.29, 0.717) is 0 Å². The number of aromatic nitrogens is 1. The number of piperazine rings is 1. The number of rotatable bonds is 2. The smallest absolute Gasteiger partial charge is 0.0477 e. The number of nitrogens with one attached hydrogen (secondary N) is 1. The Labute approximate surface area is 107 Å². The van der Waals surface area contributed by atoms with Crippen molar-refractivity contribution in [2.75, 3.05) is 39.0 Å². The molecule has 3 N–H and O–H groups in total. The molecule has 1 aliphatic rings. The summed E-state index contributed by atoms with van der Waals surface area (Å²) in [6.07, 6.45) is 0. The van der Waals surface area contributed by atoms with Crippen molar-refractivity contribution in [3.8, 4) is 0 Å². The fourth-order valence-electron chi connectivity index (χ4n) is 2.54. The van der Waals surface area contributed by atoms with Crippen LogP contribution in [0.4, 0.5) is 5.69 Å². The topological polar surface area (TPSA) is 48.3 Å². The Balaban J connectivity index is 1.74. The molecule has 2 heterocycles. The average Bonchev–Trinajstić information content (AvgIpc) is 2.73. The van der Waals surface area contributed by atoms with Crippen LogP contribution in [0.25, 0.3) is 10.9 Å². The van der Waals surface area contributed by atoms with Gasteiger partial charge in [-0.05, 0) is 30.6 Å². The third-order valence-corrected chi connectivity index (χ3v) is 3.69. The van der Waals surface area contributed by atoms with Crippen LogP contribution in [0, 0.1) is 0 Å². The summed E-state index contributed by atoms with van der Waals surface area (Å²) in [5.41, 5.74) is 9.03. The second kappa shape index (κ2) is 4.63. The number of hydrogen-bond acceptors (Lipinski definition) is 3. The summed E-state index contributed by atoms with van der Waals surface area (Å²) < 4.78 is 0. The Kier molecular flexibility index (Phi) is 2.97. The SMILES string of the molecule is CN1CCN(Cc2cc3ccc(N)cc3[nH]2)CC1. The fraction of sp³-hybridized carbons (Fsp3) is 0.429. The molecule has 0 saturated carbocycles. The summed E-state index contributed by atoms with van der Waals surface area (Å²) in [6, 6.07) is 8.26. The second-order valence-electron chi connectivity index (χ2n) is 5.22. The van der Waals surface area contributed by atoms with Crippen molar-refractivity contribution >= 4 is 16.6 Å². The van der Waals surface area contributed by atoms with Crippen LogP contribution in [0.15, 0.2) is 24.3 Å². The Morgan fingerprint density at radius 2 is 1.94 bits per heavy atom. The van der Waals surface area contributed by atoms with Crippen LogP contribution in [0.3, 0.4) is 0 Å². The maximum atomic E-state index is 5.80. The molecule has 1 fully saturated rings. The zero-order chi connectivity index (χ0) is 12.5. The lowest BCUT2D eigenvalue weighted by molar-refractivity contribution is 0.147. The zero-order valence-corrected chi connectivity index (χ0v) is 10.8. The van der Waals surface area contributed by atoms with E-state index in [1.807, 2.05) is 12.1 Å². The molecule has 1 saturated heterocycles. The second-order valence-corrected chi connectivity index (χ2v) is 5.22. The van der Waals surface area contributed by atoms with E-state index in [4.69, 9.17) is 5.73 Å². The van der Waals surface area contributed by atoms with Gasteiger partial charge in [-0.2, -0.15) is 0 Å².